The topological polar surface area (TPSA) is 58.4 Å². The number of hydrogen-bond acceptors (Lipinski definition) is 3. The normalized spacial score (nSPS) is 18.9. The Morgan fingerprint density at radius 2 is 2.19 bits per heavy atom. The summed E-state index contributed by atoms with van der Waals surface area (Å²) >= 11 is 3.31. The van der Waals surface area contributed by atoms with Gasteiger partial charge in [0, 0.05) is 7.05 Å². The van der Waals surface area contributed by atoms with E-state index < -0.39 is 12.0 Å². The van der Waals surface area contributed by atoms with Crippen LogP contribution in [0.2, 0.25) is 0 Å². The first kappa shape index (κ1) is 11.6. The molecule has 1 aliphatic rings. The fraction of sp³-hybridized carbons (Fsp3) is 0.600. The molecule has 0 aliphatic carbocycles. The van der Waals surface area contributed by atoms with E-state index in [0.717, 1.165) is 31.6 Å². The van der Waals surface area contributed by atoms with E-state index in [2.05, 4.69) is 20.9 Å². The van der Waals surface area contributed by atoms with Gasteiger partial charge in [0.15, 0.2) is 6.04 Å². The van der Waals surface area contributed by atoms with Crippen LogP contribution in [0.15, 0.2) is 10.9 Å². The second-order valence-electron chi connectivity index (χ2n) is 4.02. The molecule has 1 aromatic rings. The van der Waals surface area contributed by atoms with Crippen molar-refractivity contribution < 1.29 is 9.90 Å². The Hall–Kier alpha value is -0.880. The molecule has 16 heavy (non-hydrogen) atoms. The standard InChI is InChI=1S/C10H14BrN3O2/c1-13-6-12-9(11)7(13)8(10(15)16)14-4-2-3-5-14/h6,8H,2-5H2,1H3,(H,15,16). The number of carbonyl (C=O) groups is 1. The van der Waals surface area contributed by atoms with Gasteiger partial charge in [-0.25, -0.2) is 4.98 Å². The number of imidazole rings is 1. The van der Waals surface area contributed by atoms with Crippen molar-refractivity contribution >= 4 is 21.9 Å². The monoisotopic (exact) mass is 287 g/mol. The summed E-state index contributed by atoms with van der Waals surface area (Å²) in [4.78, 5) is 17.5. The lowest BCUT2D eigenvalue weighted by Gasteiger charge is -2.24. The van der Waals surface area contributed by atoms with Gasteiger partial charge in [0.2, 0.25) is 0 Å². The molecule has 1 saturated heterocycles. The molecule has 5 nitrogen and oxygen atoms in total. The number of carboxylic acids is 1. The Morgan fingerprint density at radius 3 is 2.62 bits per heavy atom. The van der Waals surface area contributed by atoms with Crippen LogP contribution in [-0.2, 0) is 11.8 Å². The number of aromatic nitrogens is 2. The SMILES string of the molecule is Cn1cnc(Br)c1C(C(=O)O)N1CCCC1. The minimum absolute atomic E-state index is 0.593. The van der Waals surface area contributed by atoms with Crippen LogP contribution in [0, 0.1) is 0 Å². The molecular weight excluding hydrogens is 274 g/mol. The number of likely N-dealkylation sites (tertiary alicyclic amines) is 1. The van der Waals surface area contributed by atoms with Crippen LogP contribution >= 0.6 is 15.9 Å². The molecule has 1 N–H and O–H groups in total. The third-order valence-electron chi connectivity index (χ3n) is 2.93. The van der Waals surface area contributed by atoms with Crippen LogP contribution in [0.3, 0.4) is 0 Å². The van der Waals surface area contributed by atoms with E-state index in [1.54, 1.807) is 10.9 Å². The molecule has 1 fully saturated rings. The largest absolute Gasteiger partial charge is 0.480 e. The van der Waals surface area contributed by atoms with E-state index in [1.807, 2.05) is 11.9 Å². The number of nitrogens with zero attached hydrogens (tertiary/aromatic N) is 3. The predicted octanol–water partition coefficient (Wildman–Crippen LogP) is 1.40. The third-order valence-corrected chi connectivity index (χ3v) is 3.55. The van der Waals surface area contributed by atoms with E-state index in [0.29, 0.717) is 4.60 Å². The lowest BCUT2D eigenvalue weighted by molar-refractivity contribution is -0.143. The highest BCUT2D eigenvalue weighted by Gasteiger charge is 2.33. The summed E-state index contributed by atoms with van der Waals surface area (Å²) in [6, 6.07) is -0.593. The molecule has 88 valence electrons. The molecule has 2 heterocycles. The number of halogens is 1. The van der Waals surface area contributed by atoms with Crippen LogP contribution in [-0.4, -0.2) is 38.6 Å². The summed E-state index contributed by atoms with van der Waals surface area (Å²) in [5, 5.41) is 9.35. The summed E-state index contributed by atoms with van der Waals surface area (Å²) in [5.41, 5.74) is 0.717. The van der Waals surface area contributed by atoms with Crippen molar-refractivity contribution in [3.63, 3.8) is 0 Å². The zero-order valence-electron chi connectivity index (χ0n) is 9.06. The molecule has 1 atom stereocenters. The van der Waals surface area contributed by atoms with Gasteiger partial charge in [-0.1, -0.05) is 0 Å². The van der Waals surface area contributed by atoms with Gasteiger partial charge in [-0.15, -0.1) is 0 Å². The summed E-state index contributed by atoms with van der Waals surface area (Å²) in [5.74, 6) is -0.814. The van der Waals surface area contributed by atoms with Gasteiger partial charge < -0.3 is 9.67 Å². The maximum atomic E-state index is 11.4. The van der Waals surface area contributed by atoms with E-state index in [9.17, 15) is 9.90 Å². The molecular formula is C10H14BrN3O2. The molecule has 0 aromatic carbocycles. The highest BCUT2D eigenvalue weighted by molar-refractivity contribution is 9.10. The maximum Gasteiger partial charge on any atom is 0.327 e. The average Bonchev–Trinajstić information content (AvgIpc) is 2.82. The lowest BCUT2D eigenvalue weighted by Crippen LogP contribution is -2.33. The van der Waals surface area contributed by atoms with Crippen molar-refractivity contribution in [2.24, 2.45) is 7.05 Å². The number of aliphatic carboxylic acids is 1. The van der Waals surface area contributed by atoms with Gasteiger partial charge in [-0.2, -0.15) is 0 Å². The minimum atomic E-state index is -0.814. The van der Waals surface area contributed by atoms with E-state index >= 15 is 0 Å². The molecule has 0 bridgehead atoms. The van der Waals surface area contributed by atoms with E-state index in [-0.39, 0.29) is 0 Å². The van der Waals surface area contributed by atoms with Gasteiger partial charge in [-0.3, -0.25) is 9.69 Å². The van der Waals surface area contributed by atoms with Gasteiger partial charge in [0.05, 0.1) is 12.0 Å². The van der Waals surface area contributed by atoms with Gasteiger partial charge in [-0.05, 0) is 41.9 Å². The third kappa shape index (κ3) is 1.99. The Kier molecular flexibility index (Phi) is 3.30. The number of rotatable bonds is 3. The van der Waals surface area contributed by atoms with Gasteiger partial charge >= 0.3 is 5.97 Å². The molecule has 2 rings (SSSR count). The zero-order valence-corrected chi connectivity index (χ0v) is 10.6. The Bertz CT molecular complexity index is 379. The quantitative estimate of drug-likeness (QED) is 0.913. The zero-order chi connectivity index (χ0) is 11.7. The van der Waals surface area contributed by atoms with Crippen molar-refractivity contribution in [3.8, 4) is 0 Å². The Morgan fingerprint density at radius 1 is 1.56 bits per heavy atom. The smallest absolute Gasteiger partial charge is 0.327 e. The second-order valence-corrected chi connectivity index (χ2v) is 4.77. The first-order valence-corrected chi connectivity index (χ1v) is 6.04. The molecule has 0 saturated carbocycles. The van der Waals surface area contributed by atoms with E-state index in [4.69, 9.17) is 0 Å². The molecule has 0 radical (unpaired) electrons. The fourth-order valence-electron chi connectivity index (χ4n) is 2.16. The molecule has 1 aliphatic heterocycles. The van der Waals surface area contributed by atoms with Gasteiger partial charge in [0.1, 0.15) is 4.60 Å². The summed E-state index contributed by atoms with van der Waals surface area (Å²) in [7, 11) is 1.82. The average molecular weight is 288 g/mol. The van der Waals surface area contributed by atoms with Crippen molar-refractivity contribution in [1.29, 1.82) is 0 Å². The highest BCUT2D eigenvalue weighted by Crippen LogP contribution is 2.29. The summed E-state index contributed by atoms with van der Waals surface area (Å²) < 4.78 is 2.38. The second kappa shape index (κ2) is 4.55. The van der Waals surface area contributed by atoms with Crippen LogP contribution in [0.5, 0.6) is 0 Å². The number of hydrogen-bond donors (Lipinski definition) is 1. The highest BCUT2D eigenvalue weighted by atomic mass is 79.9. The van der Waals surface area contributed by atoms with Crippen LogP contribution in [0.4, 0.5) is 0 Å². The number of aryl methyl sites for hydroxylation is 1. The van der Waals surface area contributed by atoms with Crippen molar-refractivity contribution in [3.05, 3.63) is 16.6 Å². The summed E-state index contributed by atoms with van der Waals surface area (Å²) in [6.45, 7) is 1.68. The first-order chi connectivity index (χ1) is 7.61. The minimum Gasteiger partial charge on any atom is -0.480 e. The van der Waals surface area contributed by atoms with Crippen LogP contribution < -0.4 is 0 Å². The summed E-state index contributed by atoms with van der Waals surface area (Å²) in [6.07, 6.45) is 3.77. The van der Waals surface area contributed by atoms with Crippen molar-refractivity contribution in [2.45, 2.75) is 18.9 Å². The maximum absolute atomic E-state index is 11.4. The molecule has 6 heteroatoms. The van der Waals surface area contributed by atoms with Crippen LogP contribution in [0.1, 0.15) is 24.6 Å². The van der Waals surface area contributed by atoms with Crippen molar-refractivity contribution in [2.75, 3.05) is 13.1 Å². The van der Waals surface area contributed by atoms with Crippen LogP contribution in [0.25, 0.3) is 0 Å². The molecule has 1 aromatic heterocycles. The fourth-order valence-corrected chi connectivity index (χ4v) is 2.75. The Labute approximate surface area is 102 Å². The molecule has 1 unspecified atom stereocenters. The Balaban J connectivity index is 2.35. The first-order valence-electron chi connectivity index (χ1n) is 5.25. The van der Waals surface area contributed by atoms with E-state index in [1.165, 1.54) is 0 Å². The predicted molar refractivity (Wildman–Crippen MR) is 62.1 cm³/mol. The van der Waals surface area contributed by atoms with Crippen molar-refractivity contribution in [1.82, 2.24) is 14.5 Å². The number of carboxylic acid groups (broad SMARTS) is 1. The lowest BCUT2D eigenvalue weighted by atomic mass is 10.2. The molecule has 0 spiro atoms. The van der Waals surface area contributed by atoms with Gasteiger partial charge in [0.25, 0.3) is 0 Å². The molecule has 0 amide bonds.